The molecular weight excluding hydrogens is 604 g/mol. The highest BCUT2D eigenvalue weighted by Gasteiger charge is 2.25. The number of rotatable bonds is 20. The van der Waals surface area contributed by atoms with E-state index in [1.54, 1.807) is 12.1 Å². The molecule has 7 heteroatoms. The average molecular weight is 663 g/mol. The van der Waals surface area contributed by atoms with Crippen LogP contribution in [0.3, 0.4) is 0 Å². The van der Waals surface area contributed by atoms with Crippen LogP contribution in [0.25, 0.3) is 0 Å². The lowest BCUT2D eigenvalue weighted by atomic mass is 9.83. The van der Waals surface area contributed by atoms with Crippen LogP contribution in [0.1, 0.15) is 145 Å². The Kier molecular flexibility index (Phi) is 15.9. The van der Waals surface area contributed by atoms with Crippen molar-refractivity contribution in [3.8, 4) is 5.75 Å². The number of hydrogen-bond acceptors (Lipinski definition) is 7. The second-order valence-corrected chi connectivity index (χ2v) is 14.5. The van der Waals surface area contributed by atoms with E-state index in [0.717, 1.165) is 95.6 Å². The van der Waals surface area contributed by atoms with Gasteiger partial charge in [0, 0.05) is 19.1 Å². The monoisotopic (exact) mass is 662 g/mol. The summed E-state index contributed by atoms with van der Waals surface area (Å²) in [6.45, 7) is 14.0. The summed E-state index contributed by atoms with van der Waals surface area (Å²) in [5.74, 6) is 0.196. The SMILES string of the molecule is C=CC(=O)OC(C)(C)CCCCCC(=O)OC(C)(C)CCCCCCOC1CCC(c2ccc(OC(=O)c3ccc(C)cc3)cc2)CC1. The van der Waals surface area contributed by atoms with E-state index in [-0.39, 0.29) is 11.9 Å². The Balaban J connectivity index is 1.20. The molecule has 0 heterocycles. The van der Waals surface area contributed by atoms with Crippen LogP contribution in [0.4, 0.5) is 0 Å². The second kappa shape index (κ2) is 19.5. The van der Waals surface area contributed by atoms with Gasteiger partial charge in [0.15, 0.2) is 0 Å². The summed E-state index contributed by atoms with van der Waals surface area (Å²) in [4.78, 5) is 36.2. The molecule has 0 unspecified atom stereocenters. The third kappa shape index (κ3) is 14.8. The molecule has 0 radical (unpaired) electrons. The zero-order chi connectivity index (χ0) is 35.0. The Bertz CT molecular complexity index is 1290. The van der Waals surface area contributed by atoms with Crippen LogP contribution in [0.15, 0.2) is 61.2 Å². The van der Waals surface area contributed by atoms with Crippen LogP contribution < -0.4 is 4.74 Å². The van der Waals surface area contributed by atoms with E-state index in [1.807, 2.05) is 58.9 Å². The van der Waals surface area contributed by atoms with Gasteiger partial charge in [-0.05, 0) is 135 Å². The fourth-order valence-electron chi connectivity index (χ4n) is 6.25. The van der Waals surface area contributed by atoms with Crippen molar-refractivity contribution in [3.63, 3.8) is 0 Å². The molecule has 1 saturated carbocycles. The number of unbranched alkanes of at least 4 members (excludes halogenated alkanes) is 5. The fourth-order valence-corrected chi connectivity index (χ4v) is 6.25. The minimum Gasteiger partial charge on any atom is -0.460 e. The Hall–Kier alpha value is -3.45. The molecule has 0 saturated heterocycles. The summed E-state index contributed by atoms with van der Waals surface area (Å²) in [5.41, 5.74) is 1.97. The van der Waals surface area contributed by atoms with E-state index in [9.17, 15) is 14.4 Å². The van der Waals surface area contributed by atoms with Crippen molar-refractivity contribution in [2.24, 2.45) is 0 Å². The molecule has 0 aliphatic heterocycles. The van der Waals surface area contributed by atoms with Gasteiger partial charge in [0.05, 0.1) is 11.7 Å². The van der Waals surface area contributed by atoms with Crippen molar-refractivity contribution >= 4 is 17.9 Å². The molecule has 1 fully saturated rings. The summed E-state index contributed by atoms with van der Waals surface area (Å²) in [7, 11) is 0. The highest BCUT2D eigenvalue weighted by atomic mass is 16.6. The highest BCUT2D eigenvalue weighted by molar-refractivity contribution is 5.91. The maximum Gasteiger partial charge on any atom is 0.343 e. The summed E-state index contributed by atoms with van der Waals surface area (Å²) >= 11 is 0. The lowest BCUT2D eigenvalue weighted by Gasteiger charge is -2.29. The Labute approximate surface area is 288 Å². The fraction of sp³-hybridized carbons (Fsp3) is 0.585. The summed E-state index contributed by atoms with van der Waals surface area (Å²) in [6, 6.07) is 15.4. The van der Waals surface area contributed by atoms with Crippen molar-refractivity contribution in [1.82, 2.24) is 0 Å². The van der Waals surface area contributed by atoms with Gasteiger partial charge in [0.2, 0.25) is 0 Å². The molecule has 48 heavy (non-hydrogen) atoms. The first-order valence-electron chi connectivity index (χ1n) is 17.9. The first-order valence-corrected chi connectivity index (χ1v) is 17.9. The first kappa shape index (κ1) is 39.0. The number of hydrogen-bond donors (Lipinski definition) is 0. The number of benzene rings is 2. The van der Waals surface area contributed by atoms with E-state index in [0.29, 0.717) is 29.8 Å². The minimum atomic E-state index is -0.529. The zero-order valence-electron chi connectivity index (χ0n) is 30.0. The molecule has 0 atom stereocenters. The van der Waals surface area contributed by atoms with Crippen molar-refractivity contribution in [3.05, 3.63) is 77.9 Å². The molecule has 1 aliphatic rings. The van der Waals surface area contributed by atoms with E-state index in [4.69, 9.17) is 18.9 Å². The summed E-state index contributed by atoms with van der Waals surface area (Å²) < 4.78 is 22.9. The molecule has 0 spiro atoms. The molecule has 0 bridgehead atoms. The Morgan fingerprint density at radius 2 is 1.33 bits per heavy atom. The van der Waals surface area contributed by atoms with Gasteiger partial charge in [0.25, 0.3) is 0 Å². The smallest absolute Gasteiger partial charge is 0.343 e. The van der Waals surface area contributed by atoms with E-state index in [1.165, 1.54) is 11.6 Å². The predicted molar refractivity (Wildman–Crippen MR) is 190 cm³/mol. The molecule has 3 rings (SSSR count). The van der Waals surface area contributed by atoms with Gasteiger partial charge >= 0.3 is 17.9 Å². The number of esters is 3. The van der Waals surface area contributed by atoms with Gasteiger partial charge < -0.3 is 18.9 Å². The van der Waals surface area contributed by atoms with Crippen molar-refractivity contribution in [1.29, 1.82) is 0 Å². The lowest BCUT2D eigenvalue weighted by molar-refractivity contribution is -0.157. The quantitative estimate of drug-likeness (QED) is 0.0603. The minimum absolute atomic E-state index is 0.142. The van der Waals surface area contributed by atoms with Crippen molar-refractivity contribution in [2.45, 2.75) is 148 Å². The van der Waals surface area contributed by atoms with Crippen LogP contribution in [0, 0.1) is 6.92 Å². The van der Waals surface area contributed by atoms with Crippen molar-refractivity contribution < 1.29 is 33.3 Å². The lowest BCUT2D eigenvalue weighted by Crippen LogP contribution is -2.28. The Morgan fingerprint density at radius 3 is 1.96 bits per heavy atom. The largest absolute Gasteiger partial charge is 0.460 e. The number of aryl methyl sites for hydroxylation is 1. The molecule has 2 aromatic rings. The standard InChI is InChI=1S/C41H58O7/c1-7-37(42)47-40(3,4)29-13-10-11-15-38(43)48-41(5,6)28-12-8-9-14-30-45-35-24-20-32(21-25-35)33-22-26-36(27-23-33)46-39(44)34-18-16-31(2)17-19-34/h7,16-19,22-23,26-27,32,35H,1,8-15,20-21,24-25,28-30H2,2-6H3. The van der Waals surface area contributed by atoms with E-state index < -0.39 is 17.2 Å². The van der Waals surface area contributed by atoms with Crippen LogP contribution in [-0.2, 0) is 23.8 Å². The zero-order valence-corrected chi connectivity index (χ0v) is 30.0. The summed E-state index contributed by atoms with van der Waals surface area (Å²) in [5, 5.41) is 0. The van der Waals surface area contributed by atoms with Gasteiger partial charge in [0.1, 0.15) is 17.0 Å². The molecule has 264 valence electrons. The van der Waals surface area contributed by atoms with Gasteiger partial charge in [-0.3, -0.25) is 4.79 Å². The molecule has 7 nitrogen and oxygen atoms in total. The van der Waals surface area contributed by atoms with Gasteiger partial charge in [-0.25, -0.2) is 9.59 Å². The average Bonchev–Trinajstić information content (AvgIpc) is 3.04. The number of carbonyl (C=O) groups excluding carboxylic acids is 3. The maximum absolute atomic E-state index is 12.4. The van der Waals surface area contributed by atoms with Crippen LogP contribution in [0.2, 0.25) is 0 Å². The normalized spacial score (nSPS) is 16.6. The highest BCUT2D eigenvalue weighted by Crippen LogP contribution is 2.35. The first-order chi connectivity index (χ1) is 22.9. The molecule has 1 aliphatic carbocycles. The van der Waals surface area contributed by atoms with Gasteiger partial charge in [-0.15, -0.1) is 0 Å². The summed E-state index contributed by atoms with van der Waals surface area (Å²) in [6.07, 6.45) is 14.7. The van der Waals surface area contributed by atoms with Crippen LogP contribution in [0.5, 0.6) is 5.75 Å². The van der Waals surface area contributed by atoms with E-state index in [2.05, 4.69) is 18.7 Å². The van der Waals surface area contributed by atoms with Crippen molar-refractivity contribution in [2.75, 3.05) is 6.61 Å². The molecule has 0 amide bonds. The van der Waals surface area contributed by atoms with Gasteiger partial charge in [-0.2, -0.15) is 0 Å². The van der Waals surface area contributed by atoms with Gasteiger partial charge in [-0.1, -0.05) is 55.7 Å². The third-order valence-electron chi connectivity index (χ3n) is 9.14. The maximum atomic E-state index is 12.4. The van der Waals surface area contributed by atoms with Crippen LogP contribution in [-0.4, -0.2) is 41.8 Å². The number of ether oxygens (including phenoxy) is 4. The molecule has 0 aromatic heterocycles. The third-order valence-corrected chi connectivity index (χ3v) is 9.14. The Morgan fingerprint density at radius 1 is 0.750 bits per heavy atom. The molecule has 0 N–H and O–H groups in total. The predicted octanol–water partition coefficient (Wildman–Crippen LogP) is 9.99. The molecular formula is C41H58O7. The number of carbonyl (C=O) groups is 3. The van der Waals surface area contributed by atoms with E-state index >= 15 is 0 Å². The topological polar surface area (TPSA) is 88.1 Å². The van der Waals surface area contributed by atoms with Crippen LogP contribution >= 0.6 is 0 Å². The molecule has 2 aromatic carbocycles. The second-order valence-electron chi connectivity index (χ2n) is 14.5.